The summed E-state index contributed by atoms with van der Waals surface area (Å²) in [6, 6.07) is 11.6. The Hall–Kier alpha value is -3.69. The van der Waals surface area contributed by atoms with Gasteiger partial charge in [-0.25, -0.2) is 0 Å². The van der Waals surface area contributed by atoms with Crippen LogP contribution in [0.4, 0.5) is 18.9 Å². The summed E-state index contributed by atoms with van der Waals surface area (Å²) in [5.41, 5.74) is 1.15. The lowest BCUT2D eigenvalue weighted by atomic mass is 10.1. The molecule has 0 saturated carbocycles. The first-order chi connectivity index (χ1) is 14.0. The predicted molar refractivity (Wildman–Crippen MR) is 103 cm³/mol. The van der Waals surface area contributed by atoms with E-state index in [1.807, 2.05) is 0 Å². The van der Waals surface area contributed by atoms with E-state index >= 15 is 0 Å². The topological polar surface area (TPSA) is 92.6 Å². The van der Waals surface area contributed by atoms with Crippen molar-refractivity contribution in [1.29, 1.82) is 0 Å². The molecule has 0 bridgehead atoms. The van der Waals surface area contributed by atoms with Crippen molar-refractivity contribution in [3.8, 4) is 0 Å². The van der Waals surface area contributed by atoms with E-state index in [1.54, 1.807) is 18.4 Å². The Morgan fingerprint density at radius 3 is 2.43 bits per heavy atom. The van der Waals surface area contributed by atoms with Crippen molar-refractivity contribution >= 4 is 23.6 Å². The molecule has 0 saturated heterocycles. The lowest BCUT2D eigenvalue weighted by Gasteiger charge is -2.15. The quantitative estimate of drug-likeness (QED) is 0.420. The molecule has 2 amide bonds. The van der Waals surface area contributed by atoms with E-state index in [0.29, 0.717) is 11.1 Å². The number of likely N-dealkylation sites (N-methyl/N-ethyl adjacent to an activating group) is 1. The van der Waals surface area contributed by atoms with Gasteiger partial charge in [0.25, 0.3) is 11.6 Å². The lowest BCUT2D eigenvalue weighted by Crippen LogP contribution is -2.33. The number of hydrogen-bond acceptors (Lipinski definition) is 4. The van der Waals surface area contributed by atoms with Crippen LogP contribution in [-0.2, 0) is 11.3 Å². The molecule has 7 nitrogen and oxygen atoms in total. The van der Waals surface area contributed by atoms with Gasteiger partial charge < -0.3 is 10.2 Å². The molecule has 10 heteroatoms. The number of nitro benzene ring substituents is 1. The van der Waals surface area contributed by atoms with Crippen molar-refractivity contribution in [1.82, 2.24) is 10.2 Å². The van der Waals surface area contributed by atoms with Gasteiger partial charge in [0, 0.05) is 37.4 Å². The molecule has 0 aliphatic heterocycles. The maximum Gasteiger partial charge on any atom is 0.405 e. The third-order valence-corrected chi connectivity index (χ3v) is 3.96. The second-order valence-corrected chi connectivity index (χ2v) is 6.37. The first-order valence-electron chi connectivity index (χ1n) is 8.67. The molecule has 0 aliphatic rings. The fourth-order valence-electron chi connectivity index (χ4n) is 2.43. The average molecular weight is 421 g/mol. The standard InChI is InChI=1S/C20H18F3N3O4/c1-25(18(27)10-7-14-3-2-4-17(11-14)26(29)30)12-15-5-8-16(9-6-15)19(28)24-13-20(21,22)23/h2-11H,12-13H2,1H3,(H,24,28). The highest BCUT2D eigenvalue weighted by atomic mass is 19.4. The fraction of sp³-hybridized carbons (Fsp3) is 0.200. The number of hydrogen-bond donors (Lipinski definition) is 1. The summed E-state index contributed by atoms with van der Waals surface area (Å²) in [6.07, 6.45) is -1.76. The third-order valence-electron chi connectivity index (χ3n) is 3.96. The SMILES string of the molecule is CN(Cc1ccc(C(=O)NCC(F)(F)F)cc1)C(=O)C=Cc1cccc([N+](=O)[O-])c1. The Kier molecular flexibility index (Phi) is 7.29. The van der Waals surface area contributed by atoms with Crippen LogP contribution in [0.2, 0.25) is 0 Å². The van der Waals surface area contributed by atoms with E-state index in [-0.39, 0.29) is 23.7 Å². The Balaban J connectivity index is 1.94. The average Bonchev–Trinajstić information content (AvgIpc) is 2.70. The maximum atomic E-state index is 12.2. The minimum Gasteiger partial charge on any atom is -0.343 e. The summed E-state index contributed by atoms with van der Waals surface area (Å²) >= 11 is 0. The van der Waals surface area contributed by atoms with Gasteiger partial charge in [0.2, 0.25) is 5.91 Å². The molecule has 158 valence electrons. The van der Waals surface area contributed by atoms with Crippen LogP contribution in [0.3, 0.4) is 0 Å². The van der Waals surface area contributed by atoms with Crippen molar-refractivity contribution in [2.24, 2.45) is 0 Å². The highest BCUT2D eigenvalue weighted by Crippen LogP contribution is 2.15. The number of alkyl halides is 3. The molecule has 0 aliphatic carbocycles. The number of halogens is 3. The molecule has 2 aromatic carbocycles. The third kappa shape index (κ3) is 7.04. The number of carbonyl (C=O) groups is 2. The normalized spacial score (nSPS) is 11.3. The minimum absolute atomic E-state index is 0.0718. The summed E-state index contributed by atoms with van der Waals surface area (Å²) in [7, 11) is 1.55. The number of non-ortho nitro benzene ring substituents is 1. The van der Waals surface area contributed by atoms with Gasteiger partial charge >= 0.3 is 6.18 Å². The van der Waals surface area contributed by atoms with E-state index in [4.69, 9.17) is 0 Å². The van der Waals surface area contributed by atoms with E-state index in [0.717, 1.165) is 0 Å². The summed E-state index contributed by atoms with van der Waals surface area (Å²) < 4.78 is 36.5. The number of carbonyl (C=O) groups excluding carboxylic acids is 2. The van der Waals surface area contributed by atoms with Gasteiger partial charge in [-0.05, 0) is 29.3 Å². The van der Waals surface area contributed by atoms with Gasteiger partial charge in [0.05, 0.1) is 4.92 Å². The van der Waals surface area contributed by atoms with Crippen LogP contribution in [0, 0.1) is 10.1 Å². The van der Waals surface area contributed by atoms with Crippen LogP contribution in [0.1, 0.15) is 21.5 Å². The molecule has 0 aromatic heterocycles. The van der Waals surface area contributed by atoms with E-state index in [1.165, 1.54) is 59.5 Å². The zero-order valence-corrected chi connectivity index (χ0v) is 15.8. The Morgan fingerprint density at radius 2 is 1.83 bits per heavy atom. The Morgan fingerprint density at radius 1 is 1.17 bits per heavy atom. The molecule has 2 aromatic rings. The molecule has 0 heterocycles. The minimum atomic E-state index is -4.49. The Bertz CT molecular complexity index is 957. The number of nitro groups is 1. The molecule has 0 radical (unpaired) electrons. The zero-order chi connectivity index (χ0) is 22.3. The second kappa shape index (κ2) is 9.68. The van der Waals surface area contributed by atoms with Crippen molar-refractivity contribution in [2.45, 2.75) is 12.7 Å². The lowest BCUT2D eigenvalue weighted by molar-refractivity contribution is -0.384. The molecule has 1 N–H and O–H groups in total. The molecular formula is C20H18F3N3O4. The highest BCUT2D eigenvalue weighted by molar-refractivity contribution is 5.94. The number of amides is 2. The van der Waals surface area contributed by atoms with Gasteiger partial charge in [-0.2, -0.15) is 13.2 Å². The molecule has 30 heavy (non-hydrogen) atoms. The number of benzene rings is 2. The summed E-state index contributed by atoms with van der Waals surface area (Å²) in [5, 5.41) is 12.6. The molecule has 0 spiro atoms. The van der Waals surface area contributed by atoms with Crippen molar-refractivity contribution in [3.05, 3.63) is 81.4 Å². The number of nitrogens with one attached hydrogen (secondary N) is 1. The van der Waals surface area contributed by atoms with Crippen molar-refractivity contribution < 1.29 is 27.7 Å². The number of nitrogens with zero attached hydrogens (tertiary/aromatic N) is 2. The highest BCUT2D eigenvalue weighted by Gasteiger charge is 2.27. The van der Waals surface area contributed by atoms with Crippen LogP contribution < -0.4 is 5.32 Å². The first-order valence-corrected chi connectivity index (χ1v) is 8.67. The molecule has 0 unspecified atom stereocenters. The molecule has 0 atom stereocenters. The van der Waals surface area contributed by atoms with Crippen LogP contribution in [-0.4, -0.2) is 41.4 Å². The Labute approximate surface area is 170 Å². The van der Waals surface area contributed by atoms with E-state index < -0.39 is 23.6 Å². The smallest absolute Gasteiger partial charge is 0.343 e. The second-order valence-electron chi connectivity index (χ2n) is 6.37. The summed E-state index contributed by atoms with van der Waals surface area (Å²) in [6.45, 7) is -1.22. The monoisotopic (exact) mass is 421 g/mol. The van der Waals surface area contributed by atoms with Crippen molar-refractivity contribution in [3.63, 3.8) is 0 Å². The zero-order valence-electron chi connectivity index (χ0n) is 15.8. The van der Waals surface area contributed by atoms with Gasteiger partial charge in [-0.15, -0.1) is 0 Å². The largest absolute Gasteiger partial charge is 0.405 e. The van der Waals surface area contributed by atoms with Gasteiger partial charge in [0.15, 0.2) is 0 Å². The van der Waals surface area contributed by atoms with E-state index in [2.05, 4.69) is 0 Å². The van der Waals surface area contributed by atoms with E-state index in [9.17, 15) is 32.9 Å². The van der Waals surface area contributed by atoms with Crippen LogP contribution in [0.5, 0.6) is 0 Å². The number of rotatable bonds is 7. The first kappa shape index (κ1) is 22.6. The molecular weight excluding hydrogens is 403 g/mol. The van der Waals surface area contributed by atoms with Crippen molar-refractivity contribution in [2.75, 3.05) is 13.6 Å². The maximum absolute atomic E-state index is 12.2. The molecule has 2 rings (SSSR count). The summed E-state index contributed by atoms with van der Waals surface area (Å²) in [5.74, 6) is -1.20. The summed E-state index contributed by atoms with van der Waals surface area (Å²) in [4.78, 5) is 35.6. The van der Waals surface area contributed by atoms with Gasteiger partial charge in [-0.1, -0.05) is 24.3 Å². The van der Waals surface area contributed by atoms with Crippen LogP contribution >= 0.6 is 0 Å². The fourth-order valence-corrected chi connectivity index (χ4v) is 2.43. The van der Waals surface area contributed by atoms with Gasteiger partial charge in [-0.3, -0.25) is 19.7 Å². The van der Waals surface area contributed by atoms with Gasteiger partial charge in [0.1, 0.15) is 6.54 Å². The molecule has 0 fully saturated rings. The van der Waals surface area contributed by atoms with Crippen LogP contribution in [0.25, 0.3) is 6.08 Å². The van der Waals surface area contributed by atoms with Crippen LogP contribution in [0.15, 0.2) is 54.6 Å². The predicted octanol–water partition coefficient (Wildman–Crippen LogP) is 3.56.